The van der Waals surface area contributed by atoms with Crippen molar-refractivity contribution in [1.82, 2.24) is 5.43 Å². The van der Waals surface area contributed by atoms with E-state index >= 15 is 0 Å². The molecular formula is C8H20N2O2. The lowest BCUT2D eigenvalue weighted by Crippen LogP contribution is -2.29. The maximum Gasteiger partial charge on any atom is 0.0431 e. The van der Waals surface area contributed by atoms with Crippen molar-refractivity contribution in [2.75, 3.05) is 19.8 Å². The van der Waals surface area contributed by atoms with E-state index in [1.54, 1.807) is 0 Å². The number of hydrazine groups is 1. The molecule has 0 saturated carbocycles. The van der Waals surface area contributed by atoms with Crippen molar-refractivity contribution < 1.29 is 10.2 Å². The molecule has 12 heavy (non-hydrogen) atoms. The Morgan fingerprint density at radius 1 is 1.08 bits per heavy atom. The quantitative estimate of drug-likeness (QED) is 0.300. The number of nitrogens with one attached hydrogen (secondary N) is 1. The van der Waals surface area contributed by atoms with E-state index in [9.17, 15) is 0 Å². The summed E-state index contributed by atoms with van der Waals surface area (Å²) < 4.78 is 0. The summed E-state index contributed by atoms with van der Waals surface area (Å²) in [7, 11) is 0. The molecule has 4 heteroatoms. The maximum atomic E-state index is 8.61. The first-order valence-electron chi connectivity index (χ1n) is 4.50. The van der Waals surface area contributed by atoms with Gasteiger partial charge < -0.3 is 10.2 Å². The second-order valence-electron chi connectivity index (χ2n) is 3.01. The summed E-state index contributed by atoms with van der Waals surface area (Å²) in [5.41, 5.74) is 2.62. The van der Waals surface area contributed by atoms with Crippen LogP contribution in [0.15, 0.2) is 0 Å². The maximum absolute atomic E-state index is 8.61. The lowest BCUT2D eigenvalue weighted by molar-refractivity contribution is 0.247. The monoisotopic (exact) mass is 176 g/mol. The van der Waals surface area contributed by atoms with Gasteiger partial charge in [-0.1, -0.05) is 0 Å². The van der Waals surface area contributed by atoms with Crippen LogP contribution in [0.5, 0.6) is 0 Å². The first-order valence-corrected chi connectivity index (χ1v) is 4.50. The van der Waals surface area contributed by atoms with Crippen LogP contribution in [-0.2, 0) is 0 Å². The lowest BCUT2D eigenvalue weighted by Gasteiger charge is -2.14. The summed E-state index contributed by atoms with van der Waals surface area (Å²) >= 11 is 0. The lowest BCUT2D eigenvalue weighted by atomic mass is 9.98. The van der Waals surface area contributed by atoms with E-state index in [2.05, 4.69) is 5.43 Å². The molecule has 0 heterocycles. The van der Waals surface area contributed by atoms with Crippen molar-refractivity contribution in [2.24, 2.45) is 11.8 Å². The van der Waals surface area contributed by atoms with Crippen LogP contribution in [0.3, 0.4) is 0 Å². The van der Waals surface area contributed by atoms with Crippen LogP contribution >= 0.6 is 0 Å². The average molecular weight is 176 g/mol. The standard InChI is InChI=1S/C8H20N2O2/c9-10-7-8(3-1-5-11)4-2-6-12/h8,10-12H,1-7,9H2. The van der Waals surface area contributed by atoms with Gasteiger partial charge in [0.2, 0.25) is 0 Å². The molecule has 0 rings (SSSR count). The van der Waals surface area contributed by atoms with Gasteiger partial charge in [0.15, 0.2) is 0 Å². The fraction of sp³-hybridized carbons (Fsp3) is 1.00. The molecule has 0 amide bonds. The van der Waals surface area contributed by atoms with Gasteiger partial charge in [-0.05, 0) is 31.6 Å². The molecule has 0 aromatic heterocycles. The van der Waals surface area contributed by atoms with Gasteiger partial charge in [0.05, 0.1) is 0 Å². The molecule has 4 nitrogen and oxygen atoms in total. The fourth-order valence-corrected chi connectivity index (χ4v) is 1.28. The third kappa shape index (κ3) is 6.54. The van der Waals surface area contributed by atoms with Crippen molar-refractivity contribution in [3.8, 4) is 0 Å². The van der Waals surface area contributed by atoms with Gasteiger partial charge in [-0.25, -0.2) is 0 Å². The Bertz CT molecular complexity index is 83.1. The average Bonchev–Trinajstić information content (AvgIpc) is 2.10. The van der Waals surface area contributed by atoms with E-state index in [-0.39, 0.29) is 13.2 Å². The molecule has 0 aromatic carbocycles. The minimum Gasteiger partial charge on any atom is -0.396 e. The molecule has 0 aliphatic heterocycles. The van der Waals surface area contributed by atoms with Crippen molar-refractivity contribution in [2.45, 2.75) is 25.7 Å². The number of aliphatic hydroxyl groups is 2. The zero-order chi connectivity index (χ0) is 9.23. The van der Waals surface area contributed by atoms with E-state index in [0.717, 1.165) is 32.2 Å². The van der Waals surface area contributed by atoms with Gasteiger partial charge in [0, 0.05) is 19.8 Å². The molecule has 0 spiro atoms. The third-order valence-electron chi connectivity index (χ3n) is 1.95. The Labute approximate surface area is 73.7 Å². The molecule has 5 N–H and O–H groups in total. The van der Waals surface area contributed by atoms with Gasteiger partial charge in [-0.2, -0.15) is 0 Å². The fourth-order valence-electron chi connectivity index (χ4n) is 1.28. The van der Waals surface area contributed by atoms with Crippen molar-refractivity contribution in [3.05, 3.63) is 0 Å². The predicted octanol–water partition coefficient (Wildman–Crippen LogP) is -0.389. The summed E-state index contributed by atoms with van der Waals surface area (Å²) in [5.74, 6) is 5.68. The topological polar surface area (TPSA) is 78.5 Å². The van der Waals surface area contributed by atoms with Gasteiger partial charge in [0.1, 0.15) is 0 Å². The summed E-state index contributed by atoms with van der Waals surface area (Å²) in [4.78, 5) is 0. The molecule has 74 valence electrons. The Morgan fingerprint density at radius 3 is 1.92 bits per heavy atom. The number of nitrogens with two attached hydrogens (primary N) is 1. The molecule has 0 aromatic rings. The Morgan fingerprint density at radius 2 is 1.58 bits per heavy atom. The Kier molecular flexibility index (Phi) is 8.81. The second kappa shape index (κ2) is 8.93. The minimum absolute atomic E-state index is 0.236. The summed E-state index contributed by atoms with van der Waals surface area (Å²) in [6.45, 7) is 1.24. The highest BCUT2D eigenvalue weighted by Crippen LogP contribution is 2.11. The molecule has 0 fully saturated rings. The second-order valence-corrected chi connectivity index (χ2v) is 3.01. The van der Waals surface area contributed by atoms with Crippen LogP contribution in [0, 0.1) is 5.92 Å². The molecule has 0 unspecified atom stereocenters. The molecule has 0 aliphatic carbocycles. The number of aliphatic hydroxyl groups excluding tert-OH is 2. The summed E-state index contributed by atoms with van der Waals surface area (Å²) in [6, 6.07) is 0. The van der Waals surface area contributed by atoms with Gasteiger partial charge in [-0.3, -0.25) is 11.3 Å². The zero-order valence-electron chi connectivity index (χ0n) is 7.50. The predicted molar refractivity (Wildman–Crippen MR) is 48.3 cm³/mol. The Hall–Kier alpha value is -0.160. The van der Waals surface area contributed by atoms with Crippen molar-refractivity contribution >= 4 is 0 Å². The molecular weight excluding hydrogens is 156 g/mol. The number of hydrogen-bond donors (Lipinski definition) is 4. The molecule has 0 aliphatic rings. The SMILES string of the molecule is NNCC(CCCO)CCCO. The van der Waals surface area contributed by atoms with Gasteiger partial charge in [0.25, 0.3) is 0 Å². The van der Waals surface area contributed by atoms with E-state index in [4.69, 9.17) is 16.1 Å². The Balaban J connectivity index is 3.40. The van der Waals surface area contributed by atoms with E-state index in [1.165, 1.54) is 0 Å². The molecule has 0 atom stereocenters. The first kappa shape index (κ1) is 11.8. The summed E-state index contributed by atoms with van der Waals surface area (Å²) in [5, 5.41) is 17.2. The van der Waals surface area contributed by atoms with Crippen molar-refractivity contribution in [3.63, 3.8) is 0 Å². The highest BCUT2D eigenvalue weighted by atomic mass is 16.3. The summed E-state index contributed by atoms with van der Waals surface area (Å²) in [6.07, 6.45) is 3.58. The number of hydrogen-bond acceptors (Lipinski definition) is 4. The normalized spacial score (nSPS) is 11.0. The van der Waals surface area contributed by atoms with Crippen LogP contribution in [-0.4, -0.2) is 30.0 Å². The molecule has 0 radical (unpaired) electrons. The van der Waals surface area contributed by atoms with E-state index in [0.29, 0.717) is 5.92 Å². The smallest absolute Gasteiger partial charge is 0.0431 e. The van der Waals surface area contributed by atoms with Crippen molar-refractivity contribution in [1.29, 1.82) is 0 Å². The first-order chi connectivity index (χ1) is 5.85. The van der Waals surface area contributed by atoms with E-state index < -0.39 is 0 Å². The van der Waals surface area contributed by atoms with Crippen LogP contribution in [0.2, 0.25) is 0 Å². The number of rotatable bonds is 8. The minimum atomic E-state index is 0.236. The molecule has 0 saturated heterocycles. The van der Waals surface area contributed by atoms with Crippen LogP contribution < -0.4 is 11.3 Å². The zero-order valence-corrected chi connectivity index (χ0v) is 7.50. The van der Waals surface area contributed by atoms with Gasteiger partial charge >= 0.3 is 0 Å². The highest BCUT2D eigenvalue weighted by Gasteiger charge is 2.06. The highest BCUT2D eigenvalue weighted by molar-refractivity contribution is 4.60. The largest absolute Gasteiger partial charge is 0.396 e. The van der Waals surface area contributed by atoms with E-state index in [1.807, 2.05) is 0 Å². The molecule has 0 bridgehead atoms. The van der Waals surface area contributed by atoms with Crippen LogP contribution in [0.25, 0.3) is 0 Å². The third-order valence-corrected chi connectivity index (χ3v) is 1.95. The van der Waals surface area contributed by atoms with Crippen LogP contribution in [0.4, 0.5) is 0 Å². The van der Waals surface area contributed by atoms with Gasteiger partial charge in [-0.15, -0.1) is 0 Å². The van der Waals surface area contributed by atoms with Crippen LogP contribution in [0.1, 0.15) is 25.7 Å².